The molecule has 1 aromatic rings. The van der Waals surface area contributed by atoms with E-state index in [4.69, 9.17) is 9.47 Å². The van der Waals surface area contributed by atoms with E-state index in [0.717, 1.165) is 5.56 Å². The van der Waals surface area contributed by atoms with Crippen molar-refractivity contribution in [3.05, 3.63) is 48.0 Å². The van der Waals surface area contributed by atoms with Gasteiger partial charge in [0.15, 0.2) is 0 Å². The van der Waals surface area contributed by atoms with Crippen molar-refractivity contribution >= 4 is 12.1 Å². The summed E-state index contributed by atoms with van der Waals surface area (Å²) in [5, 5.41) is 2.70. The quantitative estimate of drug-likeness (QED) is 0.643. The number of carbonyl (C=O) groups excluding carboxylic acids is 2. The van der Waals surface area contributed by atoms with Gasteiger partial charge in [0.05, 0.1) is 6.04 Å². The average molecular weight is 319 g/mol. The molecule has 5 heteroatoms. The van der Waals surface area contributed by atoms with E-state index < -0.39 is 17.7 Å². The van der Waals surface area contributed by atoms with Crippen LogP contribution in [0.5, 0.6) is 0 Å². The van der Waals surface area contributed by atoms with E-state index in [9.17, 15) is 9.59 Å². The monoisotopic (exact) mass is 319 g/mol. The number of amides is 1. The van der Waals surface area contributed by atoms with Gasteiger partial charge in [-0.3, -0.25) is 0 Å². The molecule has 0 aliphatic carbocycles. The van der Waals surface area contributed by atoms with E-state index in [1.165, 1.54) is 6.08 Å². The lowest BCUT2D eigenvalue weighted by atomic mass is 10.2. The van der Waals surface area contributed by atoms with Gasteiger partial charge in [0.25, 0.3) is 0 Å². The van der Waals surface area contributed by atoms with Crippen LogP contribution >= 0.6 is 0 Å². The topological polar surface area (TPSA) is 64.6 Å². The number of hydrogen-bond acceptors (Lipinski definition) is 4. The van der Waals surface area contributed by atoms with Crippen LogP contribution in [0.1, 0.15) is 39.7 Å². The van der Waals surface area contributed by atoms with Crippen molar-refractivity contribution in [2.75, 3.05) is 0 Å². The summed E-state index contributed by atoms with van der Waals surface area (Å²) in [5.41, 5.74) is 0.380. The highest BCUT2D eigenvalue weighted by molar-refractivity contribution is 5.82. The number of alkyl carbamates (subject to hydrolysis) is 1. The summed E-state index contributed by atoms with van der Waals surface area (Å²) in [6, 6.07) is 9.15. The molecule has 0 aromatic heterocycles. The molecule has 0 spiro atoms. The average Bonchev–Trinajstić information content (AvgIpc) is 2.48. The third-order valence-corrected chi connectivity index (χ3v) is 2.83. The van der Waals surface area contributed by atoms with Crippen molar-refractivity contribution < 1.29 is 19.1 Å². The van der Waals surface area contributed by atoms with Gasteiger partial charge in [-0.05, 0) is 32.8 Å². The molecular weight excluding hydrogens is 294 g/mol. The van der Waals surface area contributed by atoms with Gasteiger partial charge in [0, 0.05) is 6.08 Å². The molecule has 1 aromatic carbocycles. The van der Waals surface area contributed by atoms with Gasteiger partial charge in [0.1, 0.15) is 12.2 Å². The summed E-state index contributed by atoms with van der Waals surface area (Å²) in [7, 11) is 0. The molecule has 5 nitrogen and oxygen atoms in total. The molecule has 0 heterocycles. The van der Waals surface area contributed by atoms with Crippen LogP contribution in [-0.4, -0.2) is 23.7 Å². The van der Waals surface area contributed by atoms with Gasteiger partial charge in [-0.1, -0.05) is 43.3 Å². The van der Waals surface area contributed by atoms with E-state index in [2.05, 4.69) is 5.32 Å². The Morgan fingerprint density at radius 3 is 2.43 bits per heavy atom. The maximum atomic E-state index is 11.8. The lowest BCUT2D eigenvalue weighted by Gasteiger charge is -2.18. The molecule has 23 heavy (non-hydrogen) atoms. The largest absolute Gasteiger partial charge is 0.457 e. The maximum Gasteiger partial charge on any atom is 0.407 e. The first-order valence-corrected chi connectivity index (χ1v) is 7.68. The Labute approximate surface area is 137 Å². The first-order chi connectivity index (χ1) is 10.8. The molecule has 1 atom stereocenters. The van der Waals surface area contributed by atoms with Crippen molar-refractivity contribution in [2.45, 2.75) is 52.4 Å². The summed E-state index contributed by atoms with van der Waals surface area (Å²) < 4.78 is 10.3. The Morgan fingerprint density at radius 1 is 1.22 bits per heavy atom. The molecule has 126 valence electrons. The Kier molecular flexibility index (Phi) is 7.32. The normalized spacial score (nSPS) is 12.7. The fourth-order valence-corrected chi connectivity index (χ4v) is 1.73. The molecule has 1 amide bonds. The molecule has 1 rings (SSSR count). The number of rotatable bonds is 6. The zero-order chi connectivity index (χ0) is 17.3. The minimum absolute atomic E-state index is 0.207. The number of hydrogen-bond donors (Lipinski definition) is 1. The van der Waals surface area contributed by atoms with Crippen LogP contribution in [0.4, 0.5) is 4.79 Å². The molecule has 0 aliphatic rings. The van der Waals surface area contributed by atoms with Crippen LogP contribution in [0.15, 0.2) is 42.5 Å². The predicted octanol–water partition coefficient (Wildman–Crippen LogP) is 3.59. The summed E-state index contributed by atoms with van der Waals surface area (Å²) in [4.78, 5) is 23.4. The van der Waals surface area contributed by atoms with E-state index in [1.54, 1.807) is 26.8 Å². The zero-order valence-electron chi connectivity index (χ0n) is 14.2. The van der Waals surface area contributed by atoms with Gasteiger partial charge < -0.3 is 14.8 Å². The Hall–Kier alpha value is -2.30. The Bertz CT molecular complexity index is 532. The molecule has 0 saturated heterocycles. The van der Waals surface area contributed by atoms with Crippen molar-refractivity contribution in [1.29, 1.82) is 0 Å². The number of carbonyl (C=O) groups is 2. The summed E-state index contributed by atoms with van der Waals surface area (Å²) in [6.07, 6.45) is 3.06. The van der Waals surface area contributed by atoms with Gasteiger partial charge >= 0.3 is 12.1 Å². The second kappa shape index (κ2) is 8.98. The summed E-state index contributed by atoms with van der Waals surface area (Å²) >= 11 is 0. The lowest BCUT2D eigenvalue weighted by Crippen LogP contribution is -2.33. The molecule has 0 bridgehead atoms. The van der Waals surface area contributed by atoms with Crippen molar-refractivity contribution in [3.8, 4) is 0 Å². The predicted molar refractivity (Wildman–Crippen MR) is 88.8 cm³/mol. The van der Waals surface area contributed by atoms with Crippen molar-refractivity contribution in [3.63, 3.8) is 0 Å². The molecule has 0 aliphatic heterocycles. The van der Waals surface area contributed by atoms with E-state index in [1.807, 2.05) is 37.3 Å². The molecule has 0 saturated carbocycles. The minimum atomic E-state index is -0.537. The SMILES string of the molecule is CC[C@H](/C=C/C(=O)OC(C)(C)C)NC(=O)OCc1ccccc1. The minimum Gasteiger partial charge on any atom is -0.457 e. The second-order valence-electron chi connectivity index (χ2n) is 6.11. The van der Waals surface area contributed by atoms with Crippen LogP contribution in [0, 0.1) is 0 Å². The highest BCUT2D eigenvalue weighted by Crippen LogP contribution is 2.07. The van der Waals surface area contributed by atoms with Gasteiger partial charge in [-0.2, -0.15) is 0 Å². The molecule has 0 unspecified atom stereocenters. The number of nitrogens with one attached hydrogen (secondary N) is 1. The highest BCUT2D eigenvalue weighted by Gasteiger charge is 2.15. The fraction of sp³-hybridized carbons (Fsp3) is 0.444. The smallest absolute Gasteiger partial charge is 0.407 e. The van der Waals surface area contributed by atoms with Crippen LogP contribution in [0.25, 0.3) is 0 Å². The Morgan fingerprint density at radius 2 is 1.87 bits per heavy atom. The standard InChI is InChI=1S/C18H25NO4/c1-5-15(11-12-16(20)23-18(2,3)4)19-17(21)22-13-14-9-7-6-8-10-14/h6-12,15H,5,13H2,1-4H3,(H,19,21)/b12-11+/t15-/m1/s1. The molecule has 0 fully saturated rings. The van der Waals surface area contributed by atoms with Crippen LogP contribution in [-0.2, 0) is 20.9 Å². The van der Waals surface area contributed by atoms with Gasteiger partial charge in [-0.15, -0.1) is 0 Å². The van der Waals surface area contributed by atoms with Crippen LogP contribution < -0.4 is 5.32 Å². The van der Waals surface area contributed by atoms with Crippen LogP contribution in [0.2, 0.25) is 0 Å². The first kappa shape index (κ1) is 18.7. The van der Waals surface area contributed by atoms with Crippen LogP contribution in [0.3, 0.4) is 0 Å². The van der Waals surface area contributed by atoms with E-state index in [0.29, 0.717) is 6.42 Å². The first-order valence-electron chi connectivity index (χ1n) is 7.68. The van der Waals surface area contributed by atoms with Gasteiger partial charge in [0.2, 0.25) is 0 Å². The zero-order valence-corrected chi connectivity index (χ0v) is 14.2. The van der Waals surface area contributed by atoms with E-state index in [-0.39, 0.29) is 12.6 Å². The highest BCUT2D eigenvalue weighted by atomic mass is 16.6. The second-order valence-corrected chi connectivity index (χ2v) is 6.11. The van der Waals surface area contributed by atoms with Crippen molar-refractivity contribution in [2.24, 2.45) is 0 Å². The molecule has 0 radical (unpaired) electrons. The molecule has 1 N–H and O–H groups in total. The summed E-state index contributed by atoms with van der Waals surface area (Å²) in [6.45, 7) is 7.51. The third-order valence-electron chi connectivity index (χ3n) is 2.83. The third kappa shape index (κ3) is 8.66. The maximum absolute atomic E-state index is 11.8. The molecular formula is C18H25NO4. The number of ether oxygens (including phenoxy) is 2. The fourth-order valence-electron chi connectivity index (χ4n) is 1.73. The summed E-state index contributed by atoms with van der Waals surface area (Å²) in [5.74, 6) is -0.435. The number of benzene rings is 1. The van der Waals surface area contributed by atoms with Crippen molar-refractivity contribution in [1.82, 2.24) is 5.32 Å². The number of esters is 1. The lowest BCUT2D eigenvalue weighted by molar-refractivity contribution is -0.148. The Balaban J connectivity index is 2.42. The van der Waals surface area contributed by atoms with E-state index >= 15 is 0 Å². The van der Waals surface area contributed by atoms with Gasteiger partial charge in [-0.25, -0.2) is 9.59 Å².